The number of benzene rings is 2. The van der Waals surface area contributed by atoms with E-state index in [4.69, 9.17) is 9.90 Å². The van der Waals surface area contributed by atoms with Gasteiger partial charge in [0, 0.05) is 44.2 Å². The first-order valence-corrected chi connectivity index (χ1v) is 18.4. The molecule has 1 saturated heterocycles. The maximum atomic E-state index is 13.4. The van der Waals surface area contributed by atoms with Gasteiger partial charge in [0.25, 0.3) is 5.91 Å². The zero-order chi connectivity index (χ0) is 38.8. The van der Waals surface area contributed by atoms with Crippen LogP contribution >= 0.6 is 0 Å². The first-order valence-electron chi connectivity index (χ1n) is 16.5. The number of aromatic amines is 1. The van der Waals surface area contributed by atoms with Crippen LogP contribution in [0, 0.1) is 18.3 Å². The van der Waals surface area contributed by atoms with E-state index >= 15 is 0 Å². The Bertz CT molecular complexity index is 1880. The molecular formula is C36H42F3N5O7S. The number of halogens is 3. The number of aliphatic carboxylic acids is 1. The number of aryl methyl sites for hydroxylation is 1. The number of Topliss-reactive ketones (excluding diaryl/α,β-unsaturated/α-hetero) is 1. The number of likely N-dealkylation sites (tertiary alicyclic amines) is 1. The van der Waals surface area contributed by atoms with Gasteiger partial charge >= 0.3 is 12.1 Å². The monoisotopic (exact) mass is 745 g/mol. The molecular weight excluding hydrogens is 703 g/mol. The van der Waals surface area contributed by atoms with Crippen LogP contribution in [-0.4, -0.2) is 96.5 Å². The number of ketones is 1. The number of sulfone groups is 1. The fraction of sp³-hybridized carbons (Fsp3) is 0.417. The molecule has 0 unspecified atom stereocenters. The summed E-state index contributed by atoms with van der Waals surface area (Å²) in [5.74, 6) is -3.43. The van der Waals surface area contributed by atoms with Crippen LogP contribution in [0.2, 0.25) is 0 Å². The lowest BCUT2D eigenvalue weighted by Gasteiger charge is -2.38. The summed E-state index contributed by atoms with van der Waals surface area (Å²) >= 11 is 0. The van der Waals surface area contributed by atoms with Gasteiger partial charge in [-0.15, -0.1) is 0 Å². The maximum Gasteiger partial charge on any atom is 0.490 e. The first kappa shape index (κ1) is 41.4. The topological polar surface area (TPSA) is 181 Å². The Morgan fingerprint density at radius 3 is 2.13 bits per heavy atom. The molecule has 0 aliphatic carbocycles. The van der Waals surface area contributed by atoms with Crippen LogP contribution in [0.5, 0.6) is 0 Å². The molecule has 0 radical (unpaired) electrons. The van der Waals surface area contributed by atoms with Gasteiger partial charge in [0.2, 0.25) is 5.91 Å². The van der Waals surface area contributed by atoms with E-state index in [1.165, 1.54) is 6.92 Å². The van der Waals surface area contributed by atoms with Gasteiger partial charge < -0.3 is 25.2 Å². The summed E-state index contributed by atoms with van der Waals surface area (Å²) in [4.78, 5) is 55.0. The second-order valence-electron chi connectivity index (χ2n) is 12.4. The van der Waals surface area contributed by atoms with Gasteiger partial charge in [-0.2, -0.15) is 18.4 Å². The third-order valence-electron chi connectivity index (χ3n) is 8.73. The maximum absolute atomic E-state index is 13.4. The van der Waals surface area contributed by atoms with E-state index in [-0.39, 0.29) is 51.9 Å². The molecule has 1 atom stereocenters. The lowest BCUT2D eigenvalue weighted by molar-refractivity contribution is -0.192. The summed E-state index contributed by atoms with van der Waals surface area (Å²) in [6.07, 6.45) is -1.40. The summed E-state index contributed by atoms with van der Waals surface area (Å²) in [5.41, 5.74) is 2.62. The minimum Gasteiger partial charge on any atom is -0.475 e. The molecule has 52 heavy (non-hydrogen) atoms. The lowest BCUT2D eigenvalue weighted by Crippen LogP contribution is -2.48. The number of aromatic nitrogens is 1. The lowest BCUT2D eigenvalue weighted by atomic mass is 9.99. The van der Waals surface area contributed by atoms with Crippen LogP contribution in [0.1, 0.15) is 82.4 Å². The number of piperidine rings is 1. The van der Waals surface area contributed by atoms with Crippen LogP contribution in [0.25, 0.3) is 0 Å². The smallest absolute Gasteiger partial charge is 0.475 e. The number of carbonyl (C=O) groups excluding carboxylic acids is 3. The Kier molecular flexibility index (Phi) is 14.3. The van der Waals surface area contributed by atoms with E-state index in [0.717, 1.165) is 49.9 Å². The van der Waals surface area contributed by atoms with E-state index in [0.29, 0.717) is 18.7 Å². The molecule has 0 saturated carbocycles. The molecule has 3 aromatic rings. The predicted molar refractivity (Wildman–Crippen MR) is 185 cm³/mol. The second-order valence-corrected chi connectivity index (χ2v) is 14.4. The van der Waals surface area contributed by atoms with Crippen molar-refractivity contribution >= 4 is 33.4 Å². The molecule has 1 aromatic heterocycles. The van der Waals surface area contributed by atoms with Crippen molar-refractivity contribution in [1.82, 2.24) is 20.1 Å². The molecule has 1 fully saturated rings. The Balaban J connectivity index is 0.000000944. The van der Waals surface area contributed by atoms with E-state index < -0.39 is 27.9 Å². The minimum absolute atomic E-state index is 0.0270. The number of amides is 2. The van der Waals surface area contributed by atoms with Crippen molar-refractivity contribution in [3.63, 3.8) is 0 Å². The van der Waals surface area contributed by atoms with Gasteiger partial charge in [0.15, 0.2) is 15.6 Å². The number of hydrogen-bond donors (Lipinski definition) is 3. The Labute approximate surface area is 300 Å². The number of carboxylic acids is 1. The van der Waals surface area contributed by atoms with Gasteiger partial charge in [0.1, 0.15) is 11.8 Å². The van der Waals surface area contributed by atoms with E-state index in [1.54, 1.807) is 31.2 Å². The van der Waals surface area contributed by atoms with E-state index in [1.807, 2.05) is 48.2 Å². The molecule has 16 heteroatoms. The van der Waals surface area contributed by atoms with Crippen molar-refractivity contribution in [2.24, 2.45) is 0 Å². The first-order chi connectivity index (χ1) is 24.4. The molecule has 1 aliphatic rings. The van der Waals surface area contributed by atoms with E-state index in [9.17, 15) is 41.2 Å². The summed E-state index contributed by atoms with van der Waals surface area (Å²) in [5, 5.41) is 19.9. The van der Waals surface area contributed by atoms with Gasteiger partial charge in [-0.3, -0.25) is 14.4 Å². The van der Waals surface area contributed by atoms with Crippen LogP contribution in [0.3, 0.4) is 0 Å². The van der Waals surface area contributed by atoms with Crippen molar-refractivity contribution in [2.75, 3.05) is 32.4 Å². The van der Waals surface area contributed by atoms with Crippen LogP contribution in [0.15, 0.2) is 59.5 Å². The Morgan fingerprint density at radius 1 is 1.08 bits per heavy atom. The zero-order valence-corrected chi connectivity index (χ0v) is 30.1. The number of rotatable bonds is 12. The van der Waals surface area contributed by atoms with Crippen molar-refractivity contribution in [3.8, 4) is 6.07 Å². The molecule has 0 bridgehead atoms. The summed E-state index contributed by atoms with van der Waals surface area (Å²) in [6, 6.07) is 18.0. The molecule has 12 nitrogen and oxygen atoms in total. The number of nitrogens with one attached hydrogen (secondary N) is 2. The van der Waals surface area contributed by atoms with Gasteiger partial charge in [-0.25, -0.2) is 13.2 Å². The van der Waals surface area contributed by atoms with Gasteiger partial charge in [-0.05, 0) is 63.3 Å². The highest BCUT2D eigenvalue weighted by Crippen LogP contribution is 2.24. The predicted octanol–water partition coefficient (Wildman–Crippen LogP) is 4.85. The van der Waals surface area contributed by atoms with E-state index in [2.05, 4.69) is 15.2 Å². The normalized spacial score (nSPS) is 14.3. The summed E-state index contributed by atoms with van der Waals surface area (Å²) < 4.78 is 55.2. The number of H-pyrrole nitrogens is 1. The standard InChI is InChI=1S/C34H41N5O5S.C2HF3O2/c1-5-39(31(41)21-25-11-13-28(14-12-25)45(4,43)44)27-15-18-38(19-16-27)20-17-30(26-9-7-6-8-10-26)37-34(42)33-29(22-35)32(24(3)40)23(2)36-33;3-2(4,5)1(6)7/h6-14,27,30,36H,5,15-21H2,1-4H3,(H,37,42);(H,6,7)/t30-;/m0./s1. The van der Waals surface area contributed by atoms with Gasteiger partial charge in [-0.1, -0.05) is 42.5 Å². The molecule has 1 aliphatic heterocycles. The van der Waals surface area contributed by atoms with Gasteiger partial charge in [0.05, 0.1) is 28.5 Å². The third-order valence-corrected chi connectivity index (χ3v) is 9.86. The molecule has 4 rings (SSSR count). The highest BCUT2D eigenvalue weighted by Gasteiger charge is 2.38. The fourth-order valence-corrected chi connectivity index (χ4v) is 6.75. The van der Waals surface area contributed by atoms with Crippen molar-refractivity contribution in [3.05, 3.63) is 88.2 Å². The summed E-state index contributed by atoms with van der Waals surface area (Å²) in [6.45, 7) is 7.98. The Hall–Kier alpha value is -5.01. The molecule has 2 heterocycles. The highest BCUT2D eigenvalue weighted by atomic mass is 32.2. The molecule has 3 N–H and O–H groups in total. The number of nitrogens with zero attached hydrogens (tertiary/aromatic N) is 3. The van der Waals surface area contributed by atoms with Crippen molar-refractivity contribution < 1.29 is 45.9 Å². The van der Waals surface area contributed by atoms with Crippen molar-refractivity contribution in [1.29, 1.82) is 5.26 Å². The molecule has 0 spiro atoms. The Morgan fingerprint density at radius 2 is 1.65 bits per heavy atom. The number of nitriles is 1. The second kappa shape index (κ2) is 18.0. The van der Waals surface area contributed by atoms with Crippen molar-refractivity contribution in [2.45, 2.75) is 69.6 Å². The average Bonchev–Trinajstić information content (AvgIpc) is 3.44. The highest BCUT2D eigenvalue weighted by molar-refractivity contribution is 7.90. The average molecular weight is 746 g/mol. The zero-order valence-electron chi connectivity index (χ0n) is 29.3. The van der Waals surface area contributed by atoms with Crippen LogP contribution in [0.4, 0.5) is 13.2 Å². The number of alkyl halides is 3. The van der Waals surface area contributed by atoms with Crippen LogP contribution < -0.4 is 5.32 Å². The number of hydrogen-bond acceptors (Lipinski definition) is 8. The molecule has 2 amide bonds. The SMILES string of the molecule is CCN(C(=O)Cc1ccc(S(C)(=O)=O)cc1)C1CCN(CC[C@H](NC(=O)c2[nH]c(C)c(C(C)=O)c2C#N)c2ccccc2)CC1.O=C(O)C(F)(F)F. The number of carbonyl (C=O) groups is 4. The molecule has 2 aromatic carbocycles. The quantitative estimate of drug-likeness (QED) is 0.219. The minimum atomic E-state index is -5.08. The third kappa shape index (κ3) is 11.2. The number of likely N-dealkylation sites (N-methyl/N-ethyl adjacent to an activating group) is 1. The number of carboxylic acid groups (broad SMARTS) is 1. The summed E-state index contributed by atoms with van der Waals surface area (Å²) in [7, 11) is -3.29. The molecule has 280 valence electrons. The largest absolute Gasteiger partial charge is 0.490 e. The fourth-order valence-electron chi connectivity index (χ4n) is 6.12. The van der Waals surface area contributed by atoms with Crippen LogP contribution in [-0.2, 0) is 25.8 Å².